The zero-order valence-corrected chi connectivity index (χ0v) is 16.7. The van der Waals surface area contributed by atoms with E-state index in [1.165, 1.54) is 30.0 Å². The number of nitrogens with one attached hydrogen (secondary N) is 2. The Kier molecular flexibility index (Phi) is 5.89. The van der Waals surface area contributed by atoms with Crippen LogP contribution in [0.3, 0.4) is 0 Å². The van der Waals surface area contributed by atoms with Gasteiger partial charge < -0.3 is 20.5 Å². The molecule has 3 heterocycles. The number of thioether (sulfide) groups is 1. The fourth-order valence-electron chi connectivity index (χ4n) is 2.88. The van der Waals surface area contributed by atoms with Crippen LogP contribution in [0.1, 0.15) is 12.6 Å². The molecule has 28 heavy (non-hydrogen) atoms. The van der Waals surface area contributed by atoms with Crippen LogP contribution < -0.4 is 10.6 Å². The first-order chi connectivity index (χ1) is 13.3. The molecule has 2 aliphatic rings. The van der Waals surface area contributed by atoms with Crippen molar-refractivity contribution in [2.75, 3.05) is 24.7 Å². The number of esters is 1. The number of aromatic nitrogens is 1. The normalized spacial score (nSPS) is 20.9. The average molecular weight is 426 g/mol. The standard InChI is InChI=1S/C16H18N4O6S2/c1-7(21)26-4-8-5-27-14-11(13(23)20(14)12(8)15(24)25)19-10(22)3-9-6-28-16(17-2)18-9/h6,11,14H,3-5H2,1-2H3,(H,17,18)(H,19,22)(H,24,25). The van der Waals surface area contributed by atoms with Crippen molar-refractivity contribution in [1.29, 1.82) is 0 Å². The third kappa shape index (κ3) is 3.97. The highest BCUT2D eigenvalue weighted by molar-refractivity contribution is 8.00. The molecule has 10 nitrogen and oxygen atoms in total. The van der Waals surface area contributed by atoms with E-state index in [1.54, 1.807) is 12.4 Å². The SMILES string of the molecule is CNc1nc(CC(=O)NC2C(=O)N3C(C(=O)O)=C(COC(C)=O)CSC23)cs1. The number of ether oxygens (including phenoxy) is 1. The lowest BCUT2D eigenvalue weighted by Crippen LogP contribution is -2.70. The fourth-order valence-corrected chi connectivity index (χ4v) is 4.87. The highest BCUT2D eigenvalue weighted by atomic mass is 32.2. The van der Waals surface area contributed by atoms with Gasteiger partial charge in [0.1, 0.15) is 23.7 Å². The van der Waals surface area contributed by atoms with Crippen molar-refractivity contribution in [2.24, 2.45) is 0 Å². The lowest BCUT2D eigenvalue weighted by atomic mass is 10.0. The zero-order chi connectivity index (χ0) is 20.4. The molecule has 3 N–H and O–H groups in total. The maximum atomic E-state index is 12.5. The van der Waals surface area contributed by atoms with E-state index in [4.69, 9.17) is 4.74 Å². The molecule has 2 atom stereocenters. The molecule has 150 valence electrons. The number of fused-ring (bicyclic) bond motifs is 1. The summed E-state index contributed by atoms with van der Waals surface area (Å²) < 4.78 is 4.88. The molecule has 0 radical (unpaired) electrons. The molecule has 1 aromatic rings. The minimum absolute atomic E-state index is 0.0265. The van der Waals surface area contributed by atoms with Crippen LogP contribution in [0, 0.1) is 0 Å². The van der Waals surface area contributed by atoms with Gasteiger partial charge >= 0.3 is 11.9 Å². The van der Waals surface area contributed by atoms with Gasteiger partial charge in [0.2, 0.25) is 5.91 Å². The number of hydrogen-bond acceptors (Lipinski definition) is 9. The summed E-state index contributed by atoms with van der Waals surface area (Å²) in [5, 5.41) is 17.0. The van der Waals surface area contributed by atoms with Crippen molar-refractivity contribution < 1.29 is 29.0 Å². The van der Waals surface area contributed by atoms with Crippen molar-refractivity contribution in [2.45, 2.75) is 24.8 Å². The summed E-state index contributed by atoms with van der Waals surface area (Å²) in [6.07, 6.45) is 0.0265. The van der Waals surface area contributed by atoms with Crippen molar-refractivity contribution in [3.63, 3.8) is 0 Å². The second-order valence-corrected chi connectivity index (χ2v) is 8.03. The van der Waals surface area contributed by atoms with Gasteiger partial charge in [0.05, 0.1) is 12.1 Å². The molecule has 2 unspecified atom stereocenters. The van der Waals surface area contributed by atoms with E-state index in [-0.39, 0.29) is 30.4 Å². The minimum atomic E-state index is -1.27. The highest BCUT2D eigenvalue weighted by Crippen LogP contribution is 2.40. The number of β-lactam (4-membered cyclic amide) rings is 1. The Bertz CT molecular complexity index is 867. The van der Waals surface area contributed by atoms with Crippen LogP contribution in [0.5, 0.6) is 0 Å². The fraction of sp³-hybridized carbons (Fsp3) is 0.438. The summed E-state index contributed by atoms with van der Waals surface area (Å²) in [6.45, 7) is 1.04. The van der Waals surface area contributed by atoms with Gasteiger partial charge in [0.25, 0.3) is 5.91 Å². The van der Waals surface area contributed by atoms with Crippen molar-refractivity contribution >= 4 is 52.0 Å². The van der Waals surface area contributed by atoms with Gasteiger partial charge in [-0.1, -0.05) is 0 Å². The summed E-state index contributed by atoms with van der Waals surface area (Å²) in [5.74, 6) is -2.39. The number of carbonyl (C=O) groups excluding carboxylic acids is 3. The van der Waals surface area contributed by atoms with Crippen LogP contribution in [0.2, 0.25) is 0 Å². The van der Waals surface area contributed by atoms with Gasteiger partial charge in [-0.2, -0.15) is 0 Å². The molecule has 2 amide bonds. The zero-order valence-electron chi connectivity index (χ0n) is 15.1. The minimum Gasteiger partial charge on any atom is -0.477 e. The predicted octanol–water partition coefficient (Wildman–Crippen LogP) is 0.0290. The van der Waals surface area contributed by atoms with Crippen LogP contribution >= 0.6 is 23.1 Å². The van der Waals surface area contributed by atoms with Crippen LogP contribution in [-0.4, -0.2) is 69.6 Å². The third-order valence-electron chi connectivity index (χ3n) is 4.12. The van der Waals surface area contributed by atoms with E-state index in [0.29, 0.717) is 16.4 Å². The monoisotopic (exact) mass is 426 g/mol. The van der Waals surface area contributed by atoms with Crippen LogP contribution in [0.25, 0.3) is 0 Å². The maximum Gasteiger partial charge on any atom is 0.352 e. The summed E-state index contributed by atoms with van der Waals surface area (Å²) in [5.41, 5.74) is 0.754. The lowest BCUT2D eigenvalue weighted by Gasteiger charge is -2.49. The Morgan fingerprint density at radius 3 is 2.79 bits per heavy atom. The quantitative estimate of drug-likeness (QED) is 0.407. The van der Waals surface area contributed by atoms with Crippen LogP contribution in [0.4, 0.5) is 5.13 Å². The Morgan fingerprint density at radius 2 is 2.18 bits per heavy atom. The molecule has 0 aromatic carbocycles. The Hall–Kier alpha value is -2.60. The average Bonchev–Trinajstić information content (AvgIpc) is 3.10. The van der Waals surface area contributed by atoms with E-state index in [9.17, 15) is 24.3 Å². The smallest absolute Gasteiger partial charge is 0.352 e. The van der Waals surface area contributed by atoms with Gasteiger partial charge in [-0.3, -0.25) is 19.3 Å². The van der Waals surface area contributed by atoms with Crippen molar-refractivity contribution in [1.82, 2.24) is 15.2 Å². The maximum absolute atomic E-state index is 12.5. The number of nitrogens with zero attached hydrogens (tertiary/aromatic N) is 2. The van der Waals surface area contributed by atoms with E-state index >= 15 is 0 Å². The van der Waals surface area contributed by atoms with E-state index in [0.717, 1.165) is 4.90 Å². The molecule has 12 heteroatoms. The largest absolute Gasteiger partial charge is 0.477 e. The summed E-state index contributed by atoms with van der Waals surface area (Å²) in [4.78, 5) is 52.8. The molecule has 1 fully saturated rings. The second kappa shape index (κ2) is 8.19. The number of amides is 2. The van der Waals surface area contributed by atoms with Gasteiger partial charge in [-0.05, 0) is 0 Å². The first-order valence-corrected chi connectivity index (χ1v) is 10.2. The van der Waals surface area contributed by atoms with Gasteiger partial charge in [0, 0.05) is 30.7 Å². The topological polar surface area (TPSA) is 138 Å². The summed E-state index contributed by atoms with van der Waals surface area (Å²) in [6, 6.07) is -0.801. The van der Waals surface area contributed by atoms with Gasteiger partial charge in [-0.15, -0.1) is 23.1 Å². The second-order valence-electron chi connectivity index (χ2n) is 6.06. The van der Waals surface area contributed by atoms with E-state index in [1.807, 2.05) is 0 Å². The number of carbonyl (C=O) groups is 4. The van der Waals surface area contributed by atoms with Crippen molar-refractivity contribution in [3.8, 4) is 0 Å². The number of anilines is 1. The molecule has 0 saturated carbocycles. The number of aliphatic carboxylic acids is 1. The van der Waals surface area contributed by atoms with E-state index < -0.39 is 29.3 Å². The Labute approximate surface area is 168 Å². The van der Waals surface area contributed by atoms with Gasteiger partial charge in [-0.25, -0.2) is 9.78 Å². The molecule has 0 spiro atoms. The Morgan fingerprint density at radius 1 is 1.43 bits per heavy atom. The lowest BCUT2D eigenvalue weighted by molar-refractivity contribution is -0.151. The molecule has 1 saturated heterocycles. The number of rotatable bonds is 7. The number of carboxylic acid groups (broad SMARTS) is 1. The molecule has 3 rings (SSSR count). The van der Waals surface area contributed by atoms with Gasteiger partial charge in [0.15, 0.2) is 5.13 Å². The van der Waals surface area contributed by atoms with Crippen molar-refractivity contribution in [3.05, 3.63) is 22.3 Å². The molecule has 2 aliphatic heterocycles. The molecule has 0 bridgehead atoms. The summed E-state index contributed by atoms with van der Waals surface area (Å²) >= 11 is 2.69. The molecule has 0 aliphatic carbocycles. The van der Waals surface area contributed by atoms with Crippen LogP contribution in [-0.2, 0) is 30.3 Å². The first-order valence-electron chi connectivity index (χ1n) is 8.26. The summed E-state index contributed by atoms with van der Waals surface area (Å²) in [7, 11) is 1.73. The predicted molar refractivity (Wildman–Crippen MR) is 102 cm³/mol. The first kappa shape index (κ1) is 20.1. The van der Waals surface area contributed by atoms with Crippen LogP contribution in [0.15, 0.2) is 16.7 Å². The number of hydrogen-bond donors (Lipinski definition) is 3. The highest BCUT2D eigenvalue weighted by Gasteiger charge is 2.54. The number of thiazole rings is 1. The molecular formula is C16H18N4O6S2. The Balaban J connectivity index is 1.66. The number of carboxylic acids is 1. The van der Waals surface area contributed by atoms with E-state index in [2.05, 4.69) is 15.6 Å². The molecule has 1 aromatic heterocycles. The molecular weight excluding hydrogens is 408 g/mol. The third-order valence-corrected chi connectivity index (χ3v) is 6.37.